The largest absolute Gasteiger partial charge is 0.377 e. The van der Waals surface area contributed by atoms with E-state index in [1.807, 2.05) is 20.8 Å². The van der Waals surface area contributed by atoms with Gasteiger partial charge in [0.1, 0.15) is 0 Å². The first-order valence-electron chi connectivity index (χ1n) is 3.99. The van der Waals surface area contributed by atoms with Crippen LogP contribution in [0.15, 0.2) is 0 Å². The number of aliphatic hydroxyl groups is 1. The van der Waals surface area contributed by atoms with E-state index in [0.29, 0.717) is 0 Å². The first-order chi connectivity index (χ1) is 5.46. The number of β-amino-alcohol motifs (C(OH)–C–C–N with tert-alkyl or cyclic N) is 1. The zero-order valence-electron chi connectivity index (χ0n) is 8.40. The van der Waals surface area contributed by atoms with E-state index in [4.69, 9.17) is 9.79 Å². The number of nitrogens with one attached hydrogen (secondary N) is 1. The molecule has 80 valence electrons. The summed E-state index contributed by atoms with van der Waals surface area (Å²) in [7, 11) is -4.46. The molecule has 0 amide bonds. The molecule has 0 aliphatic carbocycles. The van der Waals surface area contributed by atoms with Crippen LogP contribution >= 0.6 is 7.60 Å². The van der Waals surface area contributed by atoms with Crippen molar-refractivity contribution in [3.63, 3.8) is 0 Å². The molecule has 0 aromatic rings. The standard InChI is InChI=1S/C7H18NO4P/c1-6(2,3)8-5-7(4,9)13(10,11)12/h8-9H,5H2,1-4H3,(H2,10,11,12). The molecule has 1 unspecified atom stereocenters. The summed E-state index contributed by atoms with van der Waals surface area (Å²) in [5, 5.41) is 10.2. The molecular formula is C7H18NO4P. The minimum absolute atomic E-state index is 0.138. The fourth-order valence-corrected chi connectivity index (χ4v) is 0.821. The fraction of sp³-hybridized carbons (Fsp3) is 1.00. The maximum atomic E-state index is 10.8. The normalized spacial score (nSPS) is 18.4. The van der Waals surface area contributed by atoms with E-state index in [1.54, 1.807) is 0 Å². The summed E-state index contributed by atoms with van der Waals surface area (Å²) < 4.78 is 10.8. The lowest BCUT2D eigenvalue weighted by molar-refractivity contribution is 0.100. The third-order valence-corrected chi connectivity index (χ3v) is 2.99. The Morgan fingerprint density at radius 3 is 1.85 bits per heavy atom. The van der Waals surface area contributed by atoms with Crippen molar-refractivity contribution in [3.05, 3.63) is 0 Å². The maximum Gasteiger partial charge on any atom is 0.357 e. The molecule has 4 N–H and O–H groups in total. The molecule has 13 heavy (non-hydrogen) atoms. The van der Waals surface area contributed by atoms with E-state index in [9.17, 15) is 9.67 Å². The Labute approximate surface area is 78.3 Å². The Morgan fingerprint density at radius 2 is 1.62 bits per heavy atom. The molecule has 0 fully saturated rings. The van der Waals surface area contributed by atoms with Crippen LogP contribution in [-0.4, -0.2) is 32.3 Å². The summed E-state index contributed by atoms with van der Waals surface area (Å²) in [5.74, 6) is 0. The average molecular weight is 211 g/mol. The second kappa shape index (κ2) is 3.67. The molecule has 0 aromatic carbocycles. The quantitative estimate of drug-likeness (QED) is 0.503. The molecule has 0 aliphatic rings. The van der Waals surface area contributed by atoms with Gasteiger partial charge in [0, 0.05) is 12.1 Å². The molecule has 0 spiro atoms. The summed E-state index contributed by atoms with van der Waals surface area (Å²) >= 11 is 0. The SMILES string of the molecule is CC(C)(C)NCC(C)(O)P(=O)(O)O. The van der Waals surface area contributed by atoms with E-state index >= 15 is 0 Å². The molecule has 0 aromatic heterocycles. The number of rotatable bonds is 3. The molecule has 0 aliphatic heterocycles. The van der Waals surface area contributed by atoms with Crippen LogP contribution in [0.1, 0.15) is 27.7 Å². The molecular weight excluding hydrogens is 193 g/mol. The van der Waals surface area contributed by atoms with Crippen LogP contribution in [0, 0.1) is 0 Å². The Balaban J connectivity index is 4.29. The van der Waals surface area contributed by atoms with Crippen molar-refractivity contribution in [2.75, 3.05) is 6.54 Å². The molecule has 0 saturated carbocycles. The highest BCUT2D eigenvalue weighted by Gasteiger charge is 2.40. The second-order valence-corrected chi connectivity index (χ2v) is 6.42. The third kappa shape index (κ3) is 4.74. The molecule has 6 heteroatoms. The molecule has 5 nitrogen and oxygen atoms in total. The average Bonchev–Trinajstić information content (AvgIpc) is 1.79. The molecule has 0 saturated heterocycles. The van der Waals surface area contributed by atoms with Crippen LogP contribution < -0.4 is 5.32 Å². The van der Waals surface area contributed by atoms with Gasteiger partial charge in [0.15, 0.2) is 5.34 Å². The highest BCUT2D eigenvalue weighted by molar-refractivity contribution is 7.53. The van der Waals surface area contributed by atoms with Gasteiger partial charge in [0.2, 0.25) is 0 Å². The lowest BCUT2D eigenvalue weighted by Gasteiger charge is -2.29. The van der Waals surface area contributed by atoms with Gasteiger partial charge in [0.25, 0.3) is 0 Å². The first-order valence-corrected chi connectivity index (χ1v) is 5.60. The van der Waals surface area contributed by atoms with Crippen molar-refractivity contribution in [1.29, 1.82) is 0 Å². The van der Waals surface area contributed by atoms with Crippen LogP contribution in [0.4, 0.5) is 0 Å². The van der Waals surface area contributed by atoms with Gasteiger partial charge in [-0.3, -0.25) is 4.57 Å². The predicted molar refractivity (Wildman–Crippen MR) is 50.4 cm³/mol. The second-order valence-electron chi connectivity index (χ2n) is 4.36. The summed E-state index contributed by atoms with van der Waals surface area (Å²) in [5.41, 5.74) is -0.279. The van der Waals surface area contributed by atoms with Crippen LogP contribution in [0.5, 0.6) is 0 Å². The van der Waals surface area contributed by atoms with Gasteiger partial charge in [-0.1, -0.05) is 0 Å². The fourth-order valence-electron chi connectivity index (χ4n) is 0.536. The minimum atomic E-state index is -4.46. The van der Waals surface area contributed by atoms with Crippen LogP contribution in [0.3, 0.4) is 0 Å². The van der Waals surface area contributed by atoms with Gasteiger partial charge >= 0.3 is 7.60 Å². The monoisotopic (exact) mass is 211 g/mol. The lowest BCUT2D eigenvalue weighted by Crippen LogP contribution is -2.46. The Morgan fingerprint density at radius 1 is 1.23 bits per heavy atom. The van der Waals surface area contributed by atoms with Gasteiger partial charge in [-0.25, -0.2) is 0 Å². The van der Waals surface area contributed by atoms with Crippen LogP contribution in [0.2, 0.25) is 0 Å². The van der Waals surface area contributed by atoms with E-state index in [-0.39, 0.29) is 12.1 Å². The lowest BCUT2D eigenvalue weighted by atomic mass is 10.1. The minimum Gasteiger partial charge on any atom is -0.377 e. The third-order valence-electron chi connectivity index (χ3n) is 1.58. The van der Waals surface area contributed by atoms with Crippen LogP contribution in [-0.2, 0) is 4.57 Å². The van der Waals surface area contributed by atoms with E-state index in [0.717, 1.165) is 6.92 Å². The van der Waals surface area contributed by atoms with Crippen molar-refractivity contribution >= 4 is 7.60 Å². The van der Waals surface area contributed by atoms with Gasteiger partial charge in [0.05, 0.1) is 0 Å². The van der Waals surface area contributed by atoms with Crippen molar-refractivity contribution in [2.45, 2.75) is 38.6 Å². The summed E-state index contributed by atoms with van der Waals surface area (Å²) in [6.45, 7) is 6.53. The van der Waals surface area contributed by atoms with Crippen molar-refractivity contribution in [3.8, 4) is 0 Å². The van der Waals surface area contributed by atoms with Crippen LogP contribution in [0.25, 0.3) is 0 Å². The number of hydrogen-bond acceptors (Lipinski definition) is 3. The molecule has 0 heterocycles. The maximum absolute atomic E-state index is 10.8. The van der Waals surface area contributed by atoms with Crippen molar-refractivity contribution in [1.82, 2.24) is 5.32 Å². The summed E-state index contributed by atoms with van der Waals surface area (Å²) in [4.78, 5) is 17.5. The zero-order chi connectivity index (χ0) is 10.9. The van der Waals surface area contributed by atoms with E-state index < -0.39 is 12.9 Å². The Bertz CT molecular complexity index is 215. The highest BCUT2D eigenvalue weighted by Crippen LogP contribution is 2.48. The highest BCUT2D eigenvalue weighted by atomic mass is 31.2. The summed E-state index contributed by atoms with van der Waals surface area (Å²) in [6.07, 6.45) is 0. The Hall–Kier alpha value is 0.0700. The van der Waals surface area contributed by atoms with Gasteiger partial charge in [-0.05, 0) is 27.7 Å². The zero-order valence-corrected chi connectivity index (χ0v) is 9.30. The van der Waals surface area contributed by atoms with Gasteiger partial charge < -0.3 is 20.2 Å². The van der Waals surface area contributed by atoms with E-state index in [2.05, 4.69) is 5.32 Å². The molecule has 1 atom stereocenters. The van der Waals surface area contributed by atoms with Crippen molar-refractivity contribution < 1.29 is 19.5 Å². The van der Waals surface area contributed by atoms with E-state index in [1.165, 1.54) is 0 Å². The van der Waals surface area contributed by atoms with Gasteiger partial charge in [-0.15, -0.1) is 0 Å². The summed E-state index contributed by atoms with van der Waals surface area (Å²) in [6, 6.07) is 0. The van der Waals surface area contributed by atoms with Crippen molar-refractivity contribution in [2.24, 2.45) is 0 Å². The first kappa shape index (κ1) is 13.1. The molecule has 0 bridgehead atoms. The molecule has 0 rings (SSSR count). The topological polar surface area (TPSA) is 89.8 Å². The molecule has 0 radical (unpaired) electrons. The Kier molecular flexibility index (Phi) is 3.69. The predicted octanol–water partition coefficient (Wildman–Crippen LogP) is 0.261. The smallest absolute Gasteiger partial charge is 0.357 e. The number of hydrogen-bond donors (Lipinski definition) is 4. The van der Waals surface area contributed by atoms with Gasteiger partial charge in [-0.2, -0.15) is 0 Å².